The molecule has 1 N–H and O–H groups in total. The van der Waals surface area contributed by atoms with E-state index in [1.54, 1.807) is 0 Å². The van der Waals surface area contributed by atoms with Crippen molar-refractivity contribution in [2.45, 2.75) is 43.9 Å². The van der Waals surface area contributed by atoms with E-state index in [4.69, 9.17) is 5.11 Å². The van der Waals surface area contributed by atoms with Gasteiger partial charge in [0.05, 0.1) is 5.92 Å². The molecule has 2 saturated heterocycles. The van der Waals surface area contributed by atoms with Crippen molar-refractivity contribution >= 4 is 11.9 Å². The minimum Gasteiger partial charge on any atom is -0.481 e. The van der Waals surface area contributed by atoms with Crippen molar-refractivity contribution in [3.63, 3.8) is 0 Å². The average Bonchev–Trinajstić information content (AvgIpc) is 2.45. The third-order valence-electron chi connectivity index (χ3n) is 3.56. The monoisotopic (exact) mass is 251 g/mol. The van der Waals surface area contributed by atoms with E-state index in [-0.39, 0.29) is 12.8 Å². The molecule has 0 aromatic heterocycles. The fraction of sp³-hybridized carbons (Fsp3) is 0.800. The number of piperidine rings is 1. The smallest absolute Gasteiger partial charge is 0.471 e. The van der Waals surface area contributed by atoms with E-state index in [9.17, 15) is 22.8 Å². The number of carboxylic acid groups (broad SMARTS) is 1. The standard InChI is InChI=1S/C10H12F3NO3/c11-10(12,13)9(17)14-6-1-2-7(14)4-5(3-6)8(15)16/h5-7H,1-4H2,(H,15,16). The van der Waals surface area contributed by atoms with Gasteiger partial charge in [-0.15, -0.1) is 0 Å². The van der Waals surface area contributed by atoms with Crippen molar-refractivity contribution in [3.8, 4) is 0 Å². The molecule has 2 fully saturated rings. The van der Waals surface area contributed by atoms with Crippen LogP contribution in [-0.2, 0) is 9.59 Å². The van der Waals surface area contributed by atoms with Crippen LogP contribution < -0.4 is 0 Å². The Labute approximate surface area is 95.4 Å². The van der Waals surface area contributed by atoms with Crippen LogP contribution in [0.4, 0.5) is 13.2 Å². The van der Waals surface area contributed by atoms with Crippen molar-refractivity contribution in [2.24, 2.45) is 5.92 Å². The SMILES string of the molecule is O=C(O)C1CC2CCC(C1)N2C(=O)C(F)(F)F. The number of amides is 1. The van der Waals surface area contributed by atoms with Crippen LogP contribution in [0.1, 0.15) is 25.7 Å². The molecule has 0 aromatic carbocycles. The van der Waals surface area contributed by atoms with Crippen LogP contribution in [0.2, 0.25) is 0 Å². The minimum absolute atomic E-state index is 0.133. The normalized spacial score (nSPS) is 32.6. The van der Waals surface area contributed by atoms with Crippen molar-refractivity contribution in [1.29, 1.82) is 0 Å². The molecule has 0 aliphatic carbocycles. The number of aliphatic carboxylic acids is 1. The van der Waals surface area contributed by atoms with E-state index in [0.717, 1.165) is 4.90 Å². The number of carbonyl (C=O) groups is 2. The zero-order chi connectivity index (χ0) is 12.8. The molecule has 96 valence electrons. The average molecular weight is 251 g/mol. The Morgan fingerprint density at radius 1 is 1.12 bits per heavy atom. The van der Waals surface area contributed by atoms with Crippen LogP contribution in [-0.4, -0.2) is 40.1 Å². The van der Waals surface area contributed by atoms with Gasteiger partial charge in [-0.05, 0) is 25.7 Å². The van der Waals surface area contributed by atoms with Crippen LogP contribution in [0.15, 0.2) is 0 Å². The van der Waals surface area contributed by atoms with Gasteiger partial charge < -0.3 is 10.0 Å². The van der Waals surface area contributed by atoms with E-state index < -0.39 is 36.1 Å². The van der Waals surface area contributed by atoms with Crippen molar-refractivity contribution in [1.82, 2.24) is 4.90 Å². The van der Waals surface area contributed by atoms with Crippen LogP contribution in [0, 0.1) is 5.92 Å². The zero-order valence-electron chi connectivity index (χ0n) is 8.91. The second-order valence-electron chi connectivity index (χ2n) is 4.60. The van der Waals surface area contributed by atoms with Gasteiger partial charge in [-0.25, -0.2) is 0 Å². The third-order valence-corrected chi connectivity index (χ3v) is 3.56. The molecular formula is C10H12F3NO3. The highest BCUT2D eigenvalue weighted by Gasteiger charge is 2.52. The lowest BCUT2D eigenvalue weighted by Crippen LogP contribution is -2.52. The second kappa shape index (κ2) is 3.89. The number of hydrogen-bond donors (Lipinski definition) is 1. The fourth-order valence-corrected chi connectivity index (χ4v) is 2.86. The lowest BCUT2D eigenvalue weighted by atomic mass is 9.91. The topological polar surface area (TPSA) is 57.6 Å². The lowest BCUT2D eigenvalue weighted by Gasteiger charge is -2.37. The summed E-state index contributed by atoms with van der Waals surface area (Å²) in [6.45, 7) is 0. The Balaban J connectivity index is 2.14. The molecule has 0 aromatic rings. The maximum atomic E-state index is 12.4. The summed E-state index contributed by atoms with van der Waals surface area (Å²) in [6, 6.07) is -1.13. The summed E-state index contributed by atoms with van der Waals surface area (Å²) in [5, 5.41) is 8.86. The van der Waals surface area contributed by atoms with Crippen LogP contribution in [0.3, 0.4) is 0 Å². The molecule has 0 radical (unpaired) electrons. The van der Waals surface area contributed by atoms with E-state index in [1.165, 1.54) is 0 Å². The van der Waals surface area contributed by atoms with E-state index >= 15 is 0 Å². The molecule has 2 aliphatic heterocycles. The van der Waals surface area contributed by atoms with Crippen LogP contribution >= 0.6 is 0 Å². The molecular weight excluding hydrogens is 239 g/mol. The number of alkyl halides is 3. The van der Waals surface area contributed by atoms with Gasteiger partial charge in [0.1, 0.15) is 0 Å². The fourth-order valence-electron chi connectivity index (χ4n) is 2.86. The predicted molar refractivity (Wildman–Crippen MR) is 50.1 cm³/mol. The van der Waals surface area contributed by atoms with E-state index in [2.05, 4.69) is 0 Å². The Bertz CT molecular complexity index is 341. The minimum atomic E-state index is -4.86. The van der Waals surface area contributed by atoms with Gasteiger partial charge in [0.2, 0.25) is 0 Å². The highest BCUT2D eigenvalue weighted by molar-refractivity contribution is 5.83. The zero-order valence-corrected chi connectivity index (χ0v) is 8.91. The lowest BCUT2D eigenvalue weighted by molar-refractivity contribution is -0.191. The summed E-state index contributed by atoms with van der Waals surface area (Å²) >= 11 is 0. The van der Waals surface area contributed by atoms with Crippen molar-refractivity contribution in [2.75, 3.05) is 0 Å². The summed E-state index contributed by atoms with van der Waals surface area (Å²) in [5.74, 6) is -3.43. The van der Waals surface area contributed by atoms with Gasteiger partial charge >= 0.3 is 18.1 Å². The highest BCUT2D eigenvalue weighted by Crippen LogP contribution is 2.40. The third kappa shape index (κ3) is 2.10. The molecule has 17 heavy (non-hydrogen) atoms. The quantitative estimate of drug-likeness (QED) is 0.766. The Morgan fingerprint density at radius 2 is 1.59 bits per heavy atom. The summed E-state index contributed by atoms with van der Waals surface area (Å²) in [6.07, 6.45) is -3.66. The van der Waals surface area contributed by atoms with Crippen LogP contribution in [0.25, 0.3) is 0 Å². The molecule has 2 atom stereocenters. The number of carbonyl (C=O) groups excluding carboxylic acids is 1. The molecule has 2 aliphatic rings. The van der Waals surface area contributed by atoms with Gasteiger partial charge in [-0.2, -0.15) is 13.2 Å². The molecule has 2 unspecified atom stereocenters. The van der Waals surface area contributed by atoms with Gasteiger partial charge in [-0.1, -0.05) is 0 Å². The molecule has 2 rings (SSSR count). The summed E-state index contributed by atoms with van der Waals surface area (Å²) < 4.78 is 37.1. The van der Waals surface area contributed by atoms with E-state index in [1.807, 2.05) is 0 Å². The number of hydrogen-bond acceptors (Lipinski definition) is 2. The van der Waals surface area contributed by atoms with Gasteiger partial charge in [0.25, 0.3) is 0 Å². The number of rotatable bonds is 1. The second-order valence-corrected chi connectivity index (χ2v) is 4.60. The predicted octanol–water partition coefficient (Wildman–Crippen LogP) is 1.40. The maximum absolute atomic E-state index is 12.4. The number of carboxylic acids is 1. The first-order valence-electron chi connectivity index (χ1n) is 5.43. The molecule has 2 heterocycles. The molecule has 0 saturated carbocycles. The Hall–Kier alpha value is -1.27. The molecule has 0 spiro atoms. The van der Waals surface area contributed by atoms with Gasteiger partial charge in [0.15, 0.2) is 0 Å². The van der Waals surface area contributed by atoms with Crippen LogP contribution in [0.5, 0.6) is 0 Å². The first-order valence-corrected chi connectivity index (χ1v) is 5.43. The van der Waals surface area contributed by atoms with Gasteiger partial charge in [0, 0.05) is 12.1 Å². The molecule has 4 nitrogen and oxygen atoms in total. The first-order chi connectivity index (χ1) is 7.80. The highest BCUT2D eigenvalue weighted by atomic mass is 19.4. The van der Waals surface area contributed by atoms with Crippen molar-refractivity contribution < 1.29 is 27.9 Å². The Kier molecular flexibility index (Phi) is 2.79. The van der Waals surface area contributed by atoms with E-state index in [0.29, 0.717) is 12.8 Å². The summed E-state index contributed by atoms with van der Waals surface area (Å²) in [5.41, 5.74) is 0. The van der Waals surface area contributed by atoms with Crippen molar-refractivity contribution in [3.05, 3.63) is 0 Å². The number of nitrogens with zero attached hydrogens (tertiary/aromatic N) is 1. The van der Waals surface area contributed by atoms with Gasteiger partial charge in [-0.3, -0.25) is 9.59 Å². The maximum Gasteiger partial charge on any atom is 0.471 e. The first kappa shape index (κ1) is 12.2. The number of halogens is 3. The summed E-state index contributed by atoms with van der Waals surface area (Å²) in [4.78, 5) is 22.9. The Morgan fingerprint density at radius 3 is 1.94 bits per heavy atom. The number of fused-ring (bicyclic) bond motifs is 2. The largest absolute Gasteiger partial charge is 0.481 e. The molecule has 7 heteroatoms. The summed E-state index contributed by atoms with van der Waals surface area (Å²) in [7, 11) is 0. The molecule has 2 bridgehead atoms. The molecule has 1 amide bonds.